The number of hydrogen-bond acceptors (Lipinski definition) is 3. The molecule has 0 spiro atoms. The van der Waals surface area contributed by atoms with E-state index in [-0.39, 0.29) is 36.7 Å². The summed E-state index contributed by atoms with van der Waals surface area (Å²) in [7, 11) is 0. The normalized spacial score (nSPS) is 15.3. The minimum atomic E-state index is -0.319. The molecule has 0 saturated carbocycles. The highest BCUT2D eigenvalue weighted by Gasteiger charge is 2.34. The zero-order chi connectivity index (χ0) is 15.6. The number of amides is 3. The number of fused-ring (bicyclic) bond motifs is 1. The second kappa shape index (κ2) is 6.08. The van der Waals surface area contributed by atoms with Crippen molar-refractivity contribution in [3.05, 3.63) is 35.4 Å². The van der Waals surface area contributed by atoms with E-state index in [1.165, 1.54) is 0 Å². The summed E-state index contributed by atoms with van der Waals surface area (Å²) in [6, 6.07) is 6.79. The second-order valence-electron chi connectivity index (χ2n) is 5.66. The lowest BCUT2D eigenvalue weighted by molar-refractivity contribution is -0.122. The topological polar surface area (TPSA) is 66.5 Å². The van der Waals surface area contributed by atoms with Crippen LogP contribution in [0.5, 0.6) is 0 Å². The quantitative estimate of drug-likeness (QED) is 0.841. The second-order valence-corrected chi connectivity index (χ2v) is 5.66. The van der Waals surface area contributed by atoms with E-state index in [1.807, 2.05) is 20.8 Å². The van der Waals surface area contributed by atoms with Gasteiger partial charge in [0.15, 0.2) is 0 Å². The molecule has 1 aromatic rings. The number of hydrogen-bond donors (Lipinski definition) is 1. The van der Waals surface area contributed by atoms with Crippen molar-refractivity contribution in [2.45, 2.75) is 33.2 Å². The summed E-state index contributed by atoms with van der Waals surface area (Å²) in [5.41, 5.74) is 0.830. The van der Waals surface area contributed by atoms with E-state index >= 15 is 0 Å². The molecule has 0 saturated heterocycles. The van der Waals surface area contributed by atoms with Gasteiger partial charge in [0.25, 0.3) is 11.8 Å². The smallest absolute Gasteiger partial charge is 0.261 e. The summed E-state index contributed by atoms with van der Waals surface area (Å²) >= 11 is 0. The maximum Gasteiger partial charge on any atom is 0.261 e. The first-order chi connectivity index (χ1) is 9.91. The third-order valence-electron chi connectivity index (χ3n) is 3.83. The van der Waals surface area contributed by atoms with Gasteiger partial charge in [-0.1, -0.05) is 26.0 Å². The summed E-state index contributed by atoms with van der Waals surface area (Å²) < 4.78 is 0. The van der Waals surface area contributed by atoms with E-state index in [2.05, 4.69) is 5.32 Å². The molecule has 0 bridgehead atoms. The number of benzene rings is 1. The number of imide groups is 1. The average Bonchev–Trinajstić information content (AvgIpc) is 2.69. The Morgan fingerprint density at radius 3 is 2.10 bits per heavy atom. The molecule has 3 amide bonds. The monoisotopic (exact) mass is 288 g/mol. The zero-order valence-corrected chi connectivity index (χ0v) is 12.6. The van der Waals surface area contributed by atoms with Crippen molar-refractivity contribution in [3.63, 3.8) is 0 Å². The van der Waals surface area contributed by atoms with Crippen LogP contribution >= 0.6 is 0 Å². The van der Waals surface area contributed by atoms with E-state index < -0.39 is 0 Å². The Morgan fingerprint density at radius 2 is 1.62 bits per heavy atom. The third kappa shape index (κ3) is 3.12. The molecule has 5 nitrogen and oxygen atoms in total. The standard InChI is InChI=1S/C16H20N2O3/c1-10(2)11(3)17-14(19)8-9-18-15(20)12-6-4-5-7-13(12)16(18)21/h4-7,10-11H,8-9H2,1-3H3,(H,17,19)/t11-/m0/s1. The van der Waals surface area contributed by atoms with Crippen LogP contribution in [0.15, 0.2) is 24.3 Å². The van der Waals surface area contributed by atoms with Gasteiger partial charge in [-0.2, -0.15) is 0 Å². The van der Waals surface area contributed by atoms with Crippen molar-refractivity contribution in [3.8, 4) is 0 Å². The Bertz CT molecular complexity index is 546. The molecule has 2 rings (SSSR count). The van der Waals surface area contributed by atoms with Gasteiger partial charge in [0.05, 0.1) is 11.1 Å². The van der Waals surface area contributed by atoms with Gasteiger partial charge in [0.1, 0.15) is 0 Å². The van der Waals surface area contributed by atoms with Crippen LogP contribution in [-0.4, -0.2) is 35.2 Å². The Hall–Kier alpha value is -2.17. The first-order valence-corrected chi connectivity index (χ1v) is 7.16. The highest BCUT2D eigenvalue weighted by molar-refractivity contribution is 6.21. The van der Waals surface area contributed by atoms with Gasteiger partial charge in [0.2, 0.25) is 5.91 Å². The van der Waals surface area contributed by atoms with Crippen LogP contribution in [0, 0.1) is 5.92 Å². The van der Waals surface area contributed by atoms with Crippen LogP contribution in [0.3, 0.4) is 0 Å². The van der Waals surface area contributed by atoms with Crippen LogP contribution in [0.1, 0.15) is 47.9 Å². The van der Waals surface area contributed by atoms with Gasteiger partial charge in [-0.05, 0) is 25.0 Å². The molecule has 1 aliphatic heterocycles. The number of rotatable bonds is 5. The van der Waals surface area contributed by atoms with Gasteiger partial charge >= 0.3 is 0 Å². The maximum atomic E-state index is 12.1. The largest absolute Gasteiger partial charge is 0.353 e. The van der Waals surface area contributed by atoms with Crippen LogP contribution in [0.4, 0.5) is 0 Å². The van der Waals surface area contributed by atoms with Gasteiger partial charge in [-0.3, -0.25) is 19.3 Å². The molecule has 21 heavy (non-hydrogen) atoms. The Labute approximate surface area is 124 Å². The summed E-state index contributed by atoms with van der Waals surface area (Å²) in [6.45, 7) is 6.10. The third-order valence-corrected chi connectivity index (χ3v) is 3.83. The number of nitrogens with one attached hydrogen (secondary N) is 1. The number of carbonyl (C=O) groups is 3. The van der Waals surface area contributed by atoms with Crippen molar-refractivity contribution < 1.29 is 14.4 Å². The maximum absolute atomic E-state index is 12.1. The molecule has 0 radical (unpaired) electrons. The molecule has 1 aromatic carbocycles. The lowest BCUT2D eigenvalue weighted by Crippen LogP contribution is -2.39. The molecular formula is C16H20N2O3. The molecule has 1 atom stereocenters. The molecule has 0 fully saturated rings. The highest BCUT2D eigenvalue weighted by Crippen LogP contribution is 2.22. The predicted molar refractivity (Wildman–Crippen MR) is 78.9 cm³/mol. The molecule has 1 aliphatic rings. The van der Waals surface area contributed by atoms with Crippen LogP contribution in [-0.2, 0) is 4.79 Å². The van der Waals surface area contributed by atoms with Gasteiger partial charge in [0, 0.05) is 19.0 Å². The van der Waals surface area contributed by atoms with E-state index in [0.717, 1.165) is 4.90 Å². The van der Waals surface area contributed by atoms with Crippen LogP contribution < -0.4 is 5.32 Å². The van der Waals surface area contributed by atoms with Crippen molar-refractivity contribution in [2.75, 3.05) is 6.54 Å². The molecule has 1 heterocycles. The average molecular weight is 288 g/mol. The van der Waals surface area contributed by atoms with Crippen molar-refractivity contribution in [1.29, 1.82) is 0 Å². The fraction of sp³-hybridized carbons (Fsp3) is 0.438. The fourth-order valence-electron chi connectivity index (χ4n) is 2.15. The molecule has 5 heteroatoms. The molecule has 0 aromatic heterocycles. The fourth-order valence-corrected chi connectivity index (χ4v) is 2.15. The van der Waals surface area contributed by atoms with Crippen molar-refractivity contribution >= 4 is 17.7 Å². The SMILES string of the molecule is CC(C)[C@H](C)NC(=O)CCN1C(=O)c2ccccc2C1=O. The van der Waals surface area contributed by atoms with Gasteiger partial charge in [-0.25, -0.2) is 0 Å². The predicted octanol–water partition coefficient (Wildman–Crippen LogP) is 1.83. The zero-order valence-electron chi connectivity index (χ0n) is 12.6. The minimum Gasteiger partial charge on any atom is -0.353 e. The Morgan fingerprint density at radius 1 is 1.10 bits per heavy atom. The van der Waals surface area contributed by atoms with E-state index in [0.29, 0.717) is 17.0 Å². The Kier molecular flexibility index (Phi) is 4.40. The van der Waals surface area contributed by atoms with Crippen molar-refractivity contribution in [1.82, 2.24) is 10.2 Å². The molecule has 1 N–H and O–H groups in total. The van der Waals surface area contributed by atoms with Crippen LogP contribution in [0.25, 0.3) is 0 Å². The Balaban J connectivity index is 1.95. The molecule has 112 valence electrons. The number of nitrogens with zero attached hydrogens (tertiary/aromatic N) is 1. The first-order valence-electron chi connectivity index (χ1n) is 7.16. The summed E-state index contributed by atoms with van der Waals surface area (Å²) in [4.78, 5) is 37.2. The van der Waals surface area contributed by atoms with E-state index in [1.54, 1.807) is 24.3 Å². The highest BCUT2D eigenvalue weighted by atomic mass is 16.2. The lowest BCUT2D eigenvalue weighted by atomic mass is 10.1. The minimum absolute atomic E-state index is 0.0691. The molecular weight excluding hydrogens is 268 g/mol. The van der Waals surface area contributed by atoms with Crippen LogP contribution in [0.2, 0.25) is 0 Å². The summed E-state index contributed by atoms with van der Waals surface area (Å²) in [5, 5.41) is 2.87. The molecule has 0 aliphatic carbocycles. The van der Waals surface area contributed by atoms with Gasteiger partial charge < -0.3 is 5.32 Å². The molecule has 0 unspecified atom stereocenters. The lowest BCUT2D eigenvalue weighted by Gasteiger charge is -2.18. The first kappa shape index (κ1) is 15.2. The number of carbonyl (C=O) groups excluding carboxylic acids is 3. The summed E-state index contributed by atoms with van der Waals surface area (Å²) in [6.07, 6.45) is 0.128. The summed E-state index contributed by atoms with van der Waals surface area (Å²) in [5.74, 6) is -0.443. The van der Waals surface area contributed by atoms with E-state index in [4.69, 9.17) is 0 Å². The van der Waals surface area contributed by atoms with Crippen molar-refractivity contribution in [2.24, 2.45) is 5.92 Å². The van der Waals surface area contributed by atoms with Gasteiger partial charge in [-0.15, -0.1) is 0 Å². The van der Waals surface area contributed by atoms with E-state index in [9.17, 15) is 14.4 Å².